The highest BCUT2D eigenvalue weighted by atomic mass is 32.2. The molecule has 186 valence electrons. The van der Waals surface area contributed by atoms with E-state index >= 15 is 0 Å². The lowest BCUT2D eigenvalue weighted by Gasteiger charge is -2.18. The van der Waals surface area contributed by atoms with E-state index in [1.54, 1.807) is 6.07 Å². The van der Waals surface area contributed by atoms with Crippen molar-refractivity contribution in [2.75, 3.05) is 19.5 Å². The SMILES string of the molecule is COc1cc([C@@H](C)C[C@H]2CC[C@@H](c3ccc(OCC(=O)CCCS(N)(=O)=O)cc3)C2)ccc1F. The van der Waals surface area contributed by atoms with Crippen LogP contribution in [0.4, 0.5) is 4.39 Å². The maximum absolute atomic E-state index is 13.7. The van der Waals surface area contributed by atoms with Gasteiger partial charge in [-0.3, -0.25) is 4.79 Å². The highest BCUT2D eigenvalue weighted by Gasteiger charge is 2.27. The molecule has 0 unspecified atom stereocenters. The summed E-state index contributed by atoms with van der Waals surface area (Å²) in [6, 6.07) is 13.0. The van der Waals surface area contributed by atoms with E-state index in [9.17, 15) is 17.6 Å². The average molecular weight is 492 g/mol. The Morgan fingerprint density at radius 2 is 1.91 bits per heavy atom. The molecule has 3 atom stereocenters. The van der Waals surface area contributed by atoms with Crippen molar-refractivity contribution in [3.63, 3.8) is 0 Å². The van der Waals surface area contributed by atoms with E-state index in [0.29, 0.717) is 29.3 Å². The molecule has 34 heavy (non-hydrogen) atoms. The van der Waals surface area contributed by atoms with E-state index in [-0.39, 0.29) is 36.8 Å². The molecule has 0 amide bonds. The number of nitrogens with two attached hydrogens (primary N) is 1. The summed E-state index contributed by atoms with van der Waals surface area (Å²) in [7, 11) is -2.05. The number of carbonyl (C=O) groups excluding carboxylic acids is 1. The minimum Gasteiger partial charge on any atom is -0.494 e. The molecule has 3 rings (SSSR count). The zero-order chi connectivity index (χ0) is 24.7. The fourth-order valence-electron chi connectivity index (χ4n) is 4.75. The van der Waals surface area contributed by atoms with Crippen molar-refractivity contribution < 1.29 is 27.1 Å². The van der Waals surface area contributed by atoms with Crippen molar-refractivity contribution in [2.24, 2.45) is 11.1 Å². The maximum atomic E-state index is 13.7. The largest absolute Gasteiger partial charge is 0.494 e. The first-order chi connectivity index (χ1) is 16.1. The monoisotopic (exact) mass is 491 g/mol. The molecule has 8 heteroatoms. The molecule has 0 heterocycles. The first-order valence-corrected chi connectivity index (χ1v) is 13.4. The number of benzene rings is 2. The Kier molecular flexibility index (Phi) is 9.08. The predicted octanol–water partition coefficient (Wildman–Crippen LogP) is 4.93. The van der Waals surface area contributed by atoms with Crippen molar-refractivity contribution >= 4 is 15.8 Å². The molecular weight excluding hydrogens is 457 g/mol. The van der Waals surface area contributed by atoms with Gasteiger partial charge in [-0.05, 0) is 85.3 Å². The summed E-state index contributed by atoms with van der Waals surface area (Å²) in [6.07, 6.45) is 4.80. The Balaban J connectivity index is 1.45. The Hall–Kier alpha value is -2.45. The highest BCUT2D eigenvalue weighted by molar-refractivity contribution is 7.89. The number of hydrogen-bond donors (Lipinski definition) is 1. The van der Waals surface area contributed by atoms with Gasteiger partial charge in [0.25, 0.3) is 0 Å². The molecule has 0 bridgehead atoms. The second-order valence-corrected chi connectivity index (χ2v) is 11.0. The zero-order valence-corrected chi connectivity index (χ0v) is 20.7. The van der Waals surface area contributed by atoms with Gasteiger partial charge in [0.2, 0.25) is 10.0 Å². The number of Topliss-reactive ketones (excluding diaryl/α,β-unsaturated/α-hetero) is 1. The number of carbonyl (C=O) groups is 1. The molecule has 1 saturated carbocycles. The number of halogens is 1. The maximum Gasteiger partial charge on any atom is 0.209 e. The van der Waals surface area contributed by atoms with Crippen LogP contribution in [0, 0.1) is 11.7 Å². The van der Waals surface area contributed by atoms with E-state index in [1.165, 1.54) is 25.2 Å². The highest BCUT2D eigenvalue weighted by Crippen LogP contribution is 2.43. The average Bonchev–Trinajstić information content (AvgIpc) is 3.26. The van der Waals surface area contributed by atoms with Crippen LogP contribution < -0.4 is 14.6 Å². The summed E-state index contributed by atoms with van der Waals surface area (Å²) < 4.78 is 46.2. The van der Waals surface area contributed by atoms with Crippen LogP contribution in [0.5, 0.6) is 11.5 Å². The molecule has 2 aromatic carbocycles. The molecule has 2 aromatic rings. The van der Waals surface area contributed by atoms with Gasteiger partial charge in [0.15, 0.2) is 17.3 Å². The van der Waals surface area contributed by atoms with Gasteiger partial charge < -0.3 is 9.47 Å². The third-order valence-corrected chi connectivity index (χ3v) is 7.47. The number of ether oxygens (including phenoxy) is 2. The van der Waals surface area contributed by atoms with Crippen molar-refractivity contribution in [3.05, 3.63) is 59.4 Å². The molecule has 6 nitrogen and oxygen atoms in total. The van der Waals surface area contributed by atoms with Gasteiger partial charge in [-0.1, -0.05) is 25.1 Å². The van der Waals surface area contributed by atoms with Crippen molar-refractivity contribution in [2.45, 2.75) is 57.3 Å². The molecule has 0 aliphatic heterocycles. The lowest BCUT2D eigenvalue weighted by molar-refractivity contribution is -0.121. The second kappa shape index (κ2) is 11.8. The quantitative estimate of drug-likeness (QED) is 0.454. The predicted molar refractivity (Wildman–Crippen MR) is 130 cm³/mol. The summed E-state index contributed by atoms with van der Waals surface area (Å²) in [5, 5.41) is 4.94. The van der Waals surface area contributed by atoms with E-state index in [0.717, 1.165) is 24.8 Å². The number of hydrogen-bond acceptors (Lipinski definition) is 5. The Bertz CT molecular complexity index is 1070. The molecule has 0 aromatic heterocycles. The Labute approximate surface area is 201 Å². The van der Waals surface area contributed by atoms with E-state index < -0.39 is 10.0 Å². The van der Waals surface area contributed by atoms with Crippen LogP contribution in [0.2, 0.25) is 0 Å². The number of rotatable bonds is 12. The molecular formula is C26H34FNO5S. The standard InChI is InChI=1S/C26H34FNO5S/c1-18(21-9-12-25(27)26(16-21)32-2)14-19-5-6-22(15-19)20-7-10-24(11-8-20)33-17-23(29)4-3-13-34(28,30)31/h7-12,16,18-19,22H,3-6,13-15,17H2,1-2H3,(H2,28,30,31)/t18-,19+,22+/m0/s1. The minimum atomic E-state index is -3.54. The number of ketones is 1. The Morgan fingerprint density at radius 1 is 1.18 bits per heavy atom. The molecule has 0 radical (unpaired) electrons. The summed E-state index contributed by atoms with van der Waals surface area (Å²) in [6.45, 7) is 2.10. The van der Waals surface area contributed by atoms with Gasteiger partial charge in [-0.2, -0.15) is 0 Å². The van der Waals surface area contributed by atoms with E-state index in [1.807, 2.05) is 18.2 Å². The van der Waals surface area contributed by atoms with Crippen molar-refractivity contribution in [1.82, 2.24) is 0 Å². The van der Waals surface area contributed by atoms with E-state index in [2.05, 4.69) is 19.1 Å². The third kappa shape index (κ3) is 7.81. The first-order valence-electron chi connectivity index (χ1n) is 11.7. The molecule has 1 aliphatic carbocycles. The molecule has 0 spiro atoms. The van der Waals surface area contributed by atoms with Crippen molar-refractivity contribution in [1.29, 1.82) is 0 Å². The molecule has 2 N–H and O–H groups in total. The van der Waals surface area contributed by atoms with Crippen molar-refractivity contribution in [3.8, 4) is 11.5 Å². The fourth-order valence-corrected chi connectivity index (χ4v) is 5.30. The number of primary sulfonamides is 1. The lowest BCUT2D eigenvalue weighted by atomic mass is 9.88. The smallest absolute Gasteiger partial charge is 0.209 e. The summed E-state index contributed by atoms with van der Waals surface area (Å²) in [4.78, 5) is 11.9. The van der Waals surface area contributed by atoms with Gasteiger partial charge in [0.05, 0.1) is 12.9 Å². The normalized spacial score (nSPS) is 19.1. The van der Waals surface area contributed by atoms with Gasteiger partial charge in [0, 0.05) is 6.42 Å². The lowest BCUT2D eigenvalue weighted by Crippen LogP contribution is -2.18. The van der Waals surface area contributed by atoms with Crippen LogP contribution in [0.25, 0.3) is 0 Å². The topological polar surface area (TPSA) is 95.7 Å². The van der Waals surface area contributed by atoms with Gasteiger partial charge in [-0.25, -0.2) is 17.9 Å². The Morgan fingerprint density at radius 3 is 2.59 bits per heavy atom. The van der Waals surface area contributed by atoms with E-state index in [4.69, 9.17) is 14.6 Å². The molecule has 0 saturated heterocycles. The van der Waals surface area contributed by atoms with Crippen LogP contribution in [0.1, 0.15) is 68.4 Å². The second-order valence-electron chi connectivity index (χ2n) is 9.27. The first kappa shape index (κ1) is 26.2. The fraction of sp³-hybridized carbons (Fsp3) is 0.500. The summed E-state index contributed by atoms with van der Waals surface area (Å²) in [5.74, 6) is 1.66. The van der Waals surface area contributed by atoms with Gasteiger partial charge in [0.1, 0.15) is 12.4 Å². The zero-order valence-electron chi connectivity index (χ0n) is 19.8. The summed E-state index contributed by atoms with van der Waals surface area (Å²) in [5.41, 5.74) is 2.37. The number of methoxy groups -OCH3 is 1. The van der Waals surface area contributed by atoms with Crippen LogP contribution in [0.15, 0.2) is 42.5 Å². The molecule has 1 fully saturated rings. The summed E-state index contributed by atoms with van der Waals surface area (Å²) >= 11 is 0. The number of sulfonamides is 1. The third-order valence-electron chi connectivity index (χ3n) is 6.61. The van der Waals surface area contributed by atoms with Gasteiger partial charge in [-0.15, -0.1) is 0 Å². The minimum absolute atomic E-state index is 0.0818. The van der Waals surface area contributed by atoms with Gasteiger partial charge >= 0.3 is 0 Å². The van der Waals surface area contributed by atoms with Crippen LogP contribution in [-0.4, -0.2) is 33.7 Å². The van der Waals surface area contributed by atoms with Crippen LogP contribution in [-0.2, 0) is 14.8 Å². The van der Waals surface area contributed by atoms with Crippen LogP contribution in [0.3, 0.4) is 0 Å². The van der Waals surface area contributed by atoms with Crippen LogP contribution >= 0.6 is 0 Å². The molecule has 1 aliphatic rings.